The standard InChI is InChI=1S/C24H32N4O5S2/c1-7-27(8-2)13-14-28(23(29)17-9-11-18(12-10-17)35(30,31)26(3)4)24-25-19-15-20(32-5)21(33-6)16-22(19)34-24/h9-12,15-16H,7-8,13-14H2,1-6H3. The van der Waals surface area contributed by atoms with E-state index in [0.29, 0.717) is 40.8 Å². The maximum Gasteiger partial charge on any atom is 0.260 e. The molecule has 190 valence electrons. The number of carbonyl (C=O) groups is 1. The molecule has 11 heteroatoms. The van der Waals surface area contributed by atoms with Gasteiger partial charge in [-0.1, -0.05) is 25.2 Å². The van der Waals surface area contributed by atoms with Crippen LogP contribution in [-0.4, -0.2) is 83.0 Å². The van der Waals surface area contributed by atoms with Crippen molar-refractivity contribution in [3.05, 3.63) is 42.0 Å². The Labute approximate surface area is 210 Å². The molecule has 3 rings (SSSR count). The highest BCUT2D eigenvalue weighted by molar-refractivity contribution is 7.89. The number of aromatic nitrogens is 1. The van der Waals surface area contributed by atoms with Crippen LogP contribution in [0.4, 0.5) is 5.13 Å². The summed E-state index contributed by atoms with van der Waals surface area (Å²) in [7, 11) is 2.50. The second-order valence-electron chi connectivity index (χ2n) is 7.97. The van der Waals surface area contributed by atoms with Crippen molar-refractivity contribution in [3.8, 4) is 11.5 Å². The Balaban J connectivity index is 2.00. The van der Waals surface area contributed by atoms with Gasteiger partial charge < -0.3 is 14.4 Å². The van der Waals surface area contributed by atoms with Crippen molar-refractivity contribution < 1.29 is 22.7 Å². The Morgan fingerprint density at radius 3 is 2.11 bits per heavy atom. The number of amides is 1. The van der Waals surface area contributed by atoms with Gasteiger partial charge in [-0.25, -0.2) is 17.7 Å². The topological polar surface area (TPSA) is 92.3 Å². The van der Waals surface area contributed by atoms with Gasteiger partial charge in [0.2, 0.25) is 10.0 Å². The van der Waals surface area contributed by atoms with E-state index in [1.54, 1.807) is 37.3 Å². The number of methoxy groups -OCH3 is 2. The summed E-state index contributed by atoms with van der Waals surface area (Å²) >= 11 is 1.39. The van der Waals surface area contributed by atoms with Crippen molar-refractivity contribution in [2.24, 2.45) is 0 Å². The third-order valence-electron chi connectivity index (χ3n) is 5.77. The molecule has 3 aromatic rings. The van der Waals surface area contributed by atoms with E-state index in [9.17, 15) is 13.2 Å². The van der Waals surface area contributed by atoms with E-state index < -0.39 is 10.0 Å². The number of anilines is 1. The summed E-state index contributed by atoms with van der Waals surface area (Å²) < 4.78 is 37.6. The van der Waals surface area contributed by atoms with Gasteiger partial charge in [0, 0.05) is 44.9 Å². The molecule has 0 unspecified atom stereocenters. The molecule has 1 aromatic heterocycles. The number of nitrogens with zero attached hydrogens (tertiary/aromatic N) is 4. The second kappa shape index (κ2) is 11.3. The smallest absolute Gasteiger partial charge is 0.260 e. The van der Waals surface area contributed by atoms with Gasteiger partial charge in [0.25, 0.3) is 5.91 Å². The number of rotatable bonds is 11. The molecule has 0 saturated heterocycles. The fourth-order valence-electron chi connectivity index (χ4n) is 3.56. The van der Waals surface area contributed by atoms with E-state index in [1.807, 2.05) is 6.07 Å². The number of benzene rings is 2. The molecule has 0 radical (unpaired) electrons. The molecule has 35 heavy (non-hydrogen) atoms. The second-order valence-corrected chi connectivity index (χ2v) is 11.1. The van der Waals surface area contributed by atoms with E-state index >= 15 is 0 Å². The van der Waals surface area contributed by atoms with Crippen LogP contribution in [0, 0.1) is 0 Å². The number of thiazole rings is 1. The van der Waals surface area contributed by atoms with Crippen LogP contribution < -0.4 is 14.4 Å². The highest BCUT2D eigenvalue weighted by Gasteiger charge is 2.24. The molecule has 0 aliphatic rings. The maximum absolute atomic E-state index is 13.6. The van der Waals surface area contributed by atoms with Crippen LogP contribution in [0.15, 0.2) is 41.3 Å². The summed E-state index contributed by atoms with van der Waals surface area (Å²) in [6.07, 6.45) is 0. The minimum Gasteiger partial charge on any atom is -0.493 e. The predicted octanol–water partition coefficient (Wildman–Crippen LogP) is 3.55. The number of hydrogen-bond acceptors (Lipinski definition) is 8. The minimum absolute atomic E-state index is 0.132. The van der Waals surface area contributed by atoms with Gasteiger partial charge >= 0.3 is 0 Å². The van der Waals surface area contributed by atoms with E-state index in [2.05, 4.69) is 18.7 Å². The number of ether oxygens (including phenoxy) is 2. The van der Waals surface area contributed by atoms with Gasteiger partial charge in [-0.2, -0.15) is 0 Å². The van der Waals surface area contributed by atoms with Crippen LogP contribution >= 0.6 is 11.3 Å². The Kier molecular flexibility index (Phi) is 8.70. The average molecular weight is 521 g/mol. The lowest BCUT2D eigenvalue weighted by Crippen LogP contribution is -2.38. The number of fused-ring (bicyclic) bond motifs is 1. The first-order chi connectivity index (χ1) is 16.7. The third-order valence-corrected chi connectivity index (χ3v) is 8.64. The van der Waals surface area contributed by atoms with Crippen molar-refractivity contribution in [2.75, 3.05) is 59.4 Å². The van der Waals surface area contributed by atoms with Crippen LogP contribution in [-0.2, 0) is 10.0 Å². The average Bonchev–Trinajstić information content (AvgIpc) is 3.27. The molecular formula is C24H32N4O5S2. The molecule has 0 N–H and O–H groups in total. The van der Waals surface area contributed by atoms with Gasteiger partial charge in [-0.3, -0.25) is 9.69 Å². The fourth-order valence-corrected chi connectivity index (χ4v) is 5.46. The van der Waals surface area contributed by atoms with Crippen molar-refractivity contribution in [1.29, 1.82) is 0 Å². The number of hydrogen-bond donors (Lipinski definition) is 0. The van der Waals surface area contributed by atoms with Crippen molar-refractivity contribution in [1.82, 2.24) is 14.2 Å². The Morgan fingerprint density at radius 1 is 0.971 bits per heavy atom. The molecule has 0 aliphatic heterocycles. The van der Waals surface area contributed by atoms with Crippen LogP contribution in [0.5, 0.6) is 11.5 Å². The maximum atomic E-state index is 13.6. The zero-order valence-corrected chi connectivity index (χ0v) is 22.6. The van der Waals surface area contributed by atoms with E-state index in [0.717, 1.165) is 22.1 Å². The van der Waals surface area contributed by atoms with Crippen LogP contribution in [0.3, 0.4) is 0 Å². The van der Waals surface area contributed by atoms with Gasteiger partial charge in [0.05, 0.1) is 29.3 Å². The van der Waals surface area contributed by atoms with Crippen molar-refractivity contribution in [3.63, 3.8) is 0 Å². The number of sulfonamides is 1. The van der Waals surface area contributed by atoms with Gasteiger partial charge in [-0.15, -0.1) is 0 Å². The van der Waals surface area contributed by atoms with Crippen molar-refractivity contribution in [2.45, 2.75) is 18.7 Å². The fraction of sp³-hybridized carbons (Fsp3) is 0.417. The third kappa shape index (κ3) is 5.75. The van der Waals surface area contributed by atoms with Crippen molar-refractivity contribution >= 4 is 42.6 Å². The lowest BCUT2D eigenvalue weighted by Gasteiger charge is -2.24. The summed E-state index contributed by atoms with van der Waals surface area (Å²) in [6.45, 7) is 7.00. The Hall–Kier alpha value is -2.73. The predicted molar refractivity (Wildman–Crippen MR) is 140 cm³/mol. The Morgan fingerprint density at radius 2 is 1.57 bits per heavy atom. The zero-order chi connectivity index (χ0) is 25.8. The molecule has 0 spiro atoms. The van der Waals surface area contributed by atoms with E-state index in [4.69, 9.17) is 14.5 Å². The first-order valence-electron chi connectivity index (χ1n) is 11.3. The molecule has 1 amide bonds. The largest absolute Gasteiger partial charge is 0.493 e. The highest BCUT2D eigenvalue weighted by atomic mass is 32.2. The zero-order valence-electron chi connectivity index (χ0n) is 20.9. The van der Waals surface area contributed by atoms with Gasteiger partial charge in [0.1, 0.15) is 0 Å². The summed E-state index contributed by atoms with van der Waals surface area (Å²) in [5.41, 5.74) is 1.09. The number of carbonyl (C=O) groups excluding carboxylic acids is 1. The minimum atomic E-state index is -3.58. The molecule has 0 atom stereocenters. The van der Waals surface area contributed by atoms with Gasteiger partial charge in [-0.05, 0) is 37.4 Å². The molecule has 0 bridgehead atoms. The first-order valence-corrected chi connectivity index (χ1v) is 13.5. The van der Waals surface area contributed by atoms with E-state index in [1.165, 1.54) is 37.6 Å². The quantitative estimate of drug-likeness (QED) is 0.382. The van der Waals surface area contributed by atoms with E-state index in [-0.39, 0.29) is 10.8 Å². The Bertz CT molecular complexity index is 1230. The molecule has 0 saturated carbocycles. The molecule has 0 fully saturated rings. The first kappa shape index (κ1) is 26.9. The highest BCUT2D eigenvalue weighted by Crippen LogP contribution is 2.37. The molecule has 0 aliphatic carbocycles. The summed E-state index contributed by atoms with van der Waals surface area (Å²) in [5.74, 6) is 0.911. The molecule has 2 aromatic carbocycles. The normalized spacial score (nSPS) is 11.9. The summed E-state index contributed by atoms with van der Waals surface area (Å²) in [4.78, 5) is 22.3. The molecule has 9 nitrogen and oxygen atoms in total. The summed E-state index contributed by atoms with van der Waals surface area (Å²) in [5, 5.41) is 0.553. The molecule has 1 heterocycles. The van der Waals surface area contributed by atoms with Crippen LogP contribution in [0.1, 0.15) is 24.2 Å². The van der Waals surface area contributed by atoms with Crippen LogP contribution in [0.2, 0.25) is 0 Å². The number of likely N-dealkylation sites (N-methyl/N-ethyl adjacent to an activating group) is 1. The molecular weight excluding hydrogens is 488 g/mol. The monoisotopic (exact) mass is 520 g/mol. The lowest BCUT2D eigenvalue weighted by molar-refractivity contribution is 0.0983. The lowest BCUT2D eigenvalue weighted by atomic mass is 10.2. The SMILES string of the molecule is CCN(CC)CCN(C(=O)c1ccc(S(=O)(=O)N(C)C)cc1)c1nc2cc(OC)c(OC)cc2s1. The van der Waals surface area contributed by atoms with Crippen LogP contribution in [0.25, 0.3) is 10.2 Å². The van der Waals surface area contributed by atoms with Gasteiger partial charge in [0.15, 0.2) is 16.6 Å². The summed E-state index contributed by atoms with van der Waals surface area (Å²) in [6, 6.07) is 9.65.